The molecule has 0 fully saturated rings. The molecule has 0 spiro atoms. The first-order valence-corrected chi connectivity index (χ1v) is 6.02. The maximum Gasteiger partial charge on any atom is 0.356 e. The summed E-state index contributed by atoms with van der Waals surface area (Å²) in [4.78, 5) is 19.3. The Balaban J connectivity index is 2.31. The number of carbonyl (C=O) groups is 1. The lowest BCUT2D eigenvalue weighted by Gasteiger charge is -2.08. The first-order chi connectivity index (χ1) is 9.10. The van der Waals surface area contributed by atoms with E-state index in [1.165, 1.54) is 25.4 Å². The van der Waals surface area contributed by atoms with Crippen LogP contribution in [0.2, 0.25) is 0 Å². The first-order valence-electron chi connectivity index (χ1n) is 5.23. The summed E-state index contributed by atoms with van der Waals surface area (Å²) in [6.07, 6.45) is 3.13. The van der Waals surface area contributed by atoms with Gasteiger partial charge in [0.2, 0.25) is 5.88 Å². The van der Waals surface area contributed by atoms with Crippen molar-refractivity contribution in [2.45, 2.75) is 0 Å². The van der Waals surface area contributed by atoms with Gasteiger partial charge in [-0.25, -0.2) is 9.78 Å². The van der Waals surface area contributed by atoms with Crippen molar-refractivity contribution in [1.29, 1.82) is 0 Å². The Morgan fingerprint density at radius 3 is 2.84 bits per heavy atom. The van der Waals surface area contributed by atoms with Gasteiger partial charge in [0.25, 0.3) is 0 Å². The van der Waals surface area contributed by atoms with Crippen molar-refractivity contribution in [1.82, 2.24) is 9.97 Å². The summed E-state index contributed by atoms with van der Waals surface area (Å²) in [7, 11) is 1.28. The summed E-state index contributed by atoms with van der Waals surface area (Å²) >= 11 is 3.27. The molecule has 0 amide bonds. The minimum absolute atomic E-state index is 0.120. The van der Waals surface area contributed by atoms with Crippen molar-refractivity contribution in [3.05, 3.63) is 40.8 Å². The van der Waals surface area contributed by atoms with E-state index in [9.17, 15) is 4.79 Å². The quantitative estimate of drug-likeness (QED) is 0.872. The topological polar surface area (TPSA) is 87.3 Å². The fourth-order valence-electron chi connectivity index (χ4n) is 1.31. The second-order valence-corrected chi connectivity index (χ2v) is 4.44. The van der Waals surface area contributed by atoms with Crippen LogP contribution in [0.1, 0.15) is 10.5 Å². The fraction of sp³-hybridized carbons (Fsp3) is 0.0833. The Kier molecular flexibility index (Phi) is 3.96. The first kappa shape index (κ1) is 13.3. The fourth-order valence-corrected chi connectivity index (χ4v) is 1.65. The van der Waals surface area contributed by atoms with E-state index in [4.69, 9.17) is 10.5 Å². The van der Waals surface area contributed by atoms with E-state index >= 15 is 0 Å². The number of nitrogen functional groups attached to an aromatic ring is 1. The highest BCUT2D eigenvalue weighted by Crippen LogP contribution is 2.26. The molecular formula is C12H10BrN3O3. The molecule has 2 aromatic heterocycles. The van der Waals surface area contributed by atoms with Crippen molar-refractivity contribution >= 4 is 27.6 Å². The number of pyridine rings is 2. The minimum atomic E-state index is -0.558. The number of nitrogens with zero attached hydrogens (tertiary/aromatic N) is 2. The van der Waals surface area contributed by atoms with Gasteiger partial charge in [0.05, 0.1) is 19.0 Å². The molecule has 0 radical (unpaired) electrons. The van der Waals surface area contributed by atoms with Crippen LogP contribution in [0.15, 0.2) is 35.1 Å². The van der Waals surface area contributed by atoms with Crippen LogP contribution in [0.25, 0.3) is 0 Å². The molecule has 0 saturated carbocycles. The second kappa shape index (κ2) is 5.66. The molecule has 0 atom stereocenters. The maximum absolute atomic E-state index is 11.4. The van der Waals surface area contributed by atoms with Crippen LogP contribution in [-0.4, -0.2) is 23.0 Å². The average molecular weight is 324 g/mol. The number of carbonyl (C=O) groups excluding carboxylic acids is 1. The maximum atomic E-state index is 11.4. The van der Waals surface area contributed by atoms with Crippen molar-refractivity contribution in [3.8, 4) is 11.6 Å². The monoisotopic (exact) mass is 323 g/mol. The SMILES string of the molecule is COC(=O)c1ccc(N)c(Oc2cncc(Br)c2)n1. The molecule has 2 N–H and O–H groups in total. The molecule has 2 rings (SSSR count). The molecule has 0 unspecified atom stereocenters. The number of anilines is 1. The van der Waals surface area contributed by atoms with E-state index in [1.54, 1.807) is 12.3 Å². The third-order valence-electron chi connectivity index (χ3n) is 2.18. The number of esters is 1. The summed E-state index contributed by atoms with van der Waals surface area (Å²) in [5, 5.41) is 0. The Morgan fingerprint density at radius 1 is 1.37 bits per heavy atom. The molecule has 6 nitrogen and oxygen atoms in total. The Labute approximate surface area is 117 Å². The molecular weight excluding hydrogens is 314 g/mol. The Hall–Kier alpha value is -2.15. The van der Waals surface area contributed by atoms with Gasteiger partial charge in [-0.15, -0.1) is 0 Å². The summed E-state index contributed by atoms with van der Waals surface area (Å²) in [5.41, 5.74) is 6.18. The number of halogens is 1. The minimum Gasteiger partial charge on any atom is -0.464 e. The Bertz CT molecular complexity index is 619. The van der Waals surface area contributed by atoms with Crippen LogP contribution in [-0.2, 0) is 4.74 Å². The number of methoxy groups -OCH3 is 1. The van der Waals surface area contributed by atoms with E-state index in [0.717, 1.165) is 4.47 Å². The molecule has 98 valence electrons. The highest BCUT2D eigenvalue weighted by Gasteiger charge is 2.12. The number of ether oxygens (including phenoxy) is 2. The molecule has 0 saturated heterocycles. The van der Waals surface area contributed by atoms with Gasteiger partial charge in [0.1, 0.15) is 5.75 Å². The van der Waals surface area contributed by atoms with Gasteiger partial charge in [-0.3, -0.25) is 4.98 Å². The van der Waals surface area contributed by atoms with Crippen LogP contribution in [0, 0.1) is 0 Å². The largest absolute Gasteiger partial charge is 0.464 e. The standard InChI is InChI=1S/C12H10BrN3O3/c1-18-12(17)10-3-2-9(14)11(16-10)19-8-4-7(13)5-15-6-8/h2-6H,14H2,1H3. The third-order valence-corrected chi connectivity index (χ3v) is 2.61. The molecule has 2 aromatic rings. The molecule has 2 heterocycles. The van der Waals surface area contributed by atoms with Crippen molar-refractivity contribution in [3.63, 3.8) is 0 Å². The summed E-state index contributed by atoms with van der Waals surface area (Å²) < 4.78 is 10.8. The summed E-state index contributed by atoms with van der Waals surface area (Å²) in [6.45, 7) is 0. The molecule has 0 aliphatic rings. The van der Waals surface area contributed by atoms with Gasteiger partial charge in [-0.1, -0.05) is 0 Å². The number of hydrogen-bond acceptors (Lipinski definition) is 6. The van der Waals surface area contributed by atoms with Gasteiger partial charge in [0, 0.05) is 10.7 Å². The molecule has 0 aromatic carbocycles. The van der Waals surface area contributed by atoms with E-state index < -0.39 is 5.97 Å². The van der Waals surface area contributed by atoms with Crippen molar-refractivity contribution in [2.75, 3.05) is 12.8 Å². The zero-order chi connectivity index (χ0) is 13.8. The lowest BCUT2D eigenvalue weighted by atomic mass is 10.3. The van der Waals surface area contributed by atoms with Crippen LogP contribution in [0.3, 0.4) is 0 Å². The zero-order valence-corrected chi connectivity index (χ0v) is 11.5. The van der Waals surface area contributed by atoms with Gasteiger partial charge >= 0.3 is 5.97 Å². The van der Waals surface area contributed by atoms with Crippen molar-refractivity contribution < 1.29 is 14.3 Å². The second-order valence-electron chi connectivity index (χ2n) is 3.52. The number of nitrogens with two attached hydrogens (primary N) is 1. The zero-order valence-electron chi connectivity index (χ0n) is 9.96. The third kappa shape index (κ3) is 3.19. The number of aromatic nitrogens is 2. The summed E-state index contributed by atoms with van der Waals surface area (Å²) in [5.74, 6) is 0.0237. The molecule has 7 heteroatoms. The number of hydrogen-bond donors (Lipinski definition) is 1. The smallest absolute Gasteiger partial charge is 0.356 e. The van der Waals surface area contributed by atoms with E-state index in [0.29, 0.717) is 11.4 Å². The van der Waals surface area contributed by atoms with Crippen LogP contribution in [0.4, 0.5) is 5.69 Å². The highest BCUT2D eigenvalue weighted by molar-refractivity contribution is 9.10. The predicted octanol–water partition coefficient (Wildman–Crippen LogP) is 2.40. The summed E-state index contributed by atoms with van der Waals surface area (Å²) in [6, 6.07) is 4.70. The highest BCUT2D eigenvalue weighted by atomic mass is 79.9. The van der Waals surface area contributed by atoms with E-state index in [1.807, 2.05) is 0 Å². The van der Waals surface area contributed by atoms with E-state index in [2.05, 4.69) is 30.6 Å². The Morgan fingerprint density at radius 2 is 2.16 bits per heavy atom. The van der Waals surface area contributed by atoms with Crippen LogP contribution < -0.4 is 10.5 Å². The van der Waals surface area contributed by atoms with Crippen LogP contribution >= 0.6 is 15.9 Å². The molecule has 19 heavy (non-hydrogen) atoms. The van der Waals surface area contributed by atoms with Gasteiger partial charge in [-0.05, 0) is 34.1 Å². The number of rotatable bonds is 3. The van der Waals surface area contributed by atoms with Crippen molar-refractivity contribution in [2.24, 2.45) is 0 Å². The predicted molar refractivity (Wildman–Crippen MR) is 72.0 cm³/mol. The van der Waals surface area contributed by atoms with Gasteiger partial charge in [0.15, 0.2) is 5.69 Å². The lowest BCUT2D eigenvalue weighted by molar-refractivity contribution is 0.0593. The molecule has 0 bridgehead atoms. The normalized spacial score (nSPS) is 10.0. The van der Waals surface area contributed by atoms with Crippen LogP contribution in [0.5, 0.6) is 11.6 Å². The van der Waals surface area contributed by atoms with Gasteiger partial charge < -0.3 is 15.2 Å². The average Bonchev–Trinajstić information content (AvgIpc) is 2.40. The van der Waals surface area contributed by atoms with Gasteiger partial charge in [-0.2, -0.15) is 0 Å². The lowest BCUT2D eigenvalue weighted by Crippen LogP contribution is -2.06. The molecule has 0 aliphatic heterocycles. The molecule has 0 aliphatic carbocycles. The van der Waals surface area contributed by atoms with E-state index in [-0.39, 0.29) is 11.6 Å².